The third-order valence-electron chi connectivity index (χ3n) is 2.21. The average molecular weight is 171 g/mol. The molecule has 0 aliphatic carbocycles. The molecule has 0 saturated heterocycles. The van der Waals surface area contributed by atoms with Gasteiger partial charge in [-0.15, -0.1) is 0 Å². The van der Waals surface area contributed by atoms with Gasteiger partial charge in [-0.3, -0.25) is 0 Å². The van der Waals surface area contributed by atoms with E-state index in [0.717, 1.165) is 13.0 Å². The van der Waals surface area contributed by atoms with Gasteiger partial charge in [0.25, 0.3) is 0 Å². The maximum Gasteiger partial charge on any atom is 0.0987 e. The third-order valence-corrected chi connectivity index (χ3v) is 2.21. The third kappa shape index (κ3) is 2.30. The molecule has 0 aromatic heterocycles. The van der Waals surface area contributed by atoms with Crippen molar-refractivity contribution in [1.29, 1.82) is 0 Å². The summed E-state index contributed by atoms with van der Waals surface area (Å²) in [5.74, 6) is 0. The number of nitrogens with one attached hydrogen (secondary N) is 1. The van der Waals surface area contributed by atoms with Crippen LogP contribution in [0, 0.1) is 0 Å². The number of rotatable bonds is 3. The first-order chi connectivity index (χ1) is 5.75. The van der Waals surface area contributed by atoms with Crippen molar-refractivity contribution >= 4 is 0 Å². The fourth-order valence-corrected chi connectivity index (χ4v) is 1.36. The largest absolute Gasteiger partial charge is 0.390 e. The van der Waals surface area contributed by atoms with Crippen molar-refractivity contribution in [3.63, 3.8) is 0 Å². The van der Waals surface area contributed by atoms with E-state index in [1.165, 1.54) is 0 Å². The Morgan fingerprint density at radius 1 is 1.58 bits per heavy atom. The molecule has 3 atom stereocenters. The topological polar surface area (TPSA) is 52.5 Å². The Labute approximate surface area is 73.1 Å². The molecule has 0 aromatic rings. The lowest BCUT2D eigenvalue weighted by molar-refractivity contribution is 0.00340. The molecule has 0 bridgehead atoms. The van der Waals surface area contributed by atoms with Crippen molar-refractivity contribution in [1.82, 2.24) is 5.32 Å². The van der Waals surface area contributed by atoms with Gasteiger partial charge in [0.05, 0.1) is 18.2 Å². The molecule has 1 aliphatic rings. The highest BCUT2D eigenvalue weighted by Crippen LogP contribution is 2.08. The van der Waals surface area contributed by atoms with Gasteiger partial charge in [0.15, 0.2) is 0 Å². The first kappa shape index (κ1) is 9.71. The van der Waals surface area contributed by atoms with Gasteiger partial charge in [0, 0.05) is 0 Å². The fourth-order valence-electron chi connectivity index (χ4n) is 1.36. The van der Waals surface area contributed by atoms with Gasteiger partial charge in [-0.05, 0) is 19.4 Å². The second-order valence-electron chi connectivity index (χ2n) is 3.16. The Morgan fingerprint density at radius 2 is 2.33 bits per heavy atom. The van der Waals surface area contributed by atoms with Crippen LogP contribution in [0.25, 0.3) is 0 Å². The van der Waals surface area contributed by atoms with E-state index in [1.54, 1.807) is 0 Å². The highest BCUT2D eigenvalue weighted by Gasteiger charge is 2.23. The smallest absolute Gasteiger partial charge is 0.0987 e. The highest BCUT2D eigenvalue weighted by molar-refractivity contribution is 5.02. The van der Waals surface area contributed by atoms with E-state index >= 15 is 0 Å². The molecule has 3 nitrogen and oxygen atoms in total. The Balaban J connectivity index is 2.44. The van der Waals surface area contributed by atoms with Crippen molar-refractivity contribution in [2.45, 2.75) is 38.0 Å². The number of hydrogen-bond acceptors (Lipinski definition) is 3. The van der Waals surface area contributed by atoms with E-state index < -0.39 is 12.2 Å². The van der Waals surface area contributed by atoms with Crippen molar-refractivity contribution < 1.29 is 10.2 Å². The molecule has 3 heteroatoms. The lowest BCUT2D eigenvalue weighted by Crippen LogP contribution is -2.46. The molecule has 3 N–H and O–H groups in total. The van der Waals surface area contributed by atoms with E-state index in [-0.39, 0.29) is 6.04 Å². The lowest BCUT2D eigenvalue weighted by atomic mass is 10.0. The van der Waals surface area contributed by atoms with Gasteiger partial charge >= 0.3 is 0 Å². The molecular formula is C9H17NO2. The molecule has 0 fully saturated rings. The van der Waals surface area contributed by atoms with Gasteiger partial charge in [0.1, 0.15) is 0 Å². The molecule has 0 aromatic carbocycles. The van der Waals surface area contributed by atoms with E-state index in [1.807, 2.05) is 19.1 Å². The van der Waals surface area contributed by atoms with Crippen molar-refractivity contribution in [2.75, 3.05) is 6.54 Å². The number of hydrogen-bond donors (Lipinski definition) is 3. The summed E-state index contributed by atoms with van der Waals surface area (Å²) in [6.07, 6.45) is 4.26. The van der Waals surface area contributed by atoms with Crippen LogP contribution in [0.3, 0.4) is 0 Å². The minimum Gasteiger partial charge on any atom is -0.390 e. The quantitative estimate of drug-likeness (QED) is 0.525. The number of aliphatic hydroxyl groups excluding tert-OH is 2. The molecule has 1 rings (SSSR count). The van der Waals surface area contributed by atoms with Crippen LogP contribution in [0.2, 0.25) is 0 Å². The van der Waals surface area contributed by atoms with E-state index in [2.05, 4.69) is 5.32 Å². The van der Waals surface area contributed by atoms with Gasteiger partial charge < -0.3 is 15.5 Å². The number of aliphatic hydroxyl groups is 2. The average Bonchev–Trinajstić information content (AvgIpc) is 2.17. The standard InChI is InChI=1S/C9H17NO2/c1-2-8(11)9(12)7-5-3-4-6-10-7/h3,5,7-12H,2,4,6H2,1H3. The molecule has 0 radical (unpaired) electrons. The van der Waals surface area contributed by atoms with Crippen LogP contribution in [-0.4, -0.2) is 35.0 Å². The summed E-state index contributed by atoms with van der Waals surface area (Å²) in [5, 5.41) is 22.1. The van der Waals surface area contributed by atoms with Crippen LogP contribution in [0.4, 0.5) is 0 Å². The van der Waals surface area contributed by atoms with Crippen molar-refractivity contribution in [3.8, 4) is 0 Å². The molecule has 0 saturated carbocycles. The summed E-state index contributed by atoms with van der Waals surface area (Å²) in [6.45, 7) is 2.75. The summed E-state index contributed by atoms with van der Waals surface area (Å²) in [4.78, 5) is 0. The summed E-state index contributed by atoms with van der Waals surface area (Å²) in [6, 6.07) is -0.0753. The molecule has 1 heterocycles. The second-order valence-corrected chi connectivity index (χ2v) is 3.16. The first-order valence-corrected chi connectivity index (χ1v) is 4.52. The Bertz CT molecular complexity index is 159. The monoisotopic (exact) mass is 171 g/mol. The van der Waals surface area contributed by atoms with Gasteiger partial charge in [-0.2, -0.15) is 0 Å². The summed E-state index contributed by atoms with van der Waals surface area (Å²) in [7, 11) is 0. The first-order valence-electron chi connectivity index (χ1n) is 4.52. The van der Waals surface area contributed by atoms with E-state index in [9.17, 15) is 10.2 Å². The summed E-state index contributed by atoms with van der Waals surface area (Å²) in [5.41, 5.74) is 0. The van der Waals surface area contributed by atoms with Crippen LogP contribution in [-0.2, 0) is 0 Å². The van der Waals surface area contributed by atoms with Crippen LogP contribution in [0.1, 0.15) is 19.8 Å². The zero-order valence-corrected chi connectivity index (χ0v) is 7.40. The normalized spacial score (nSPS) is 28.4. The Hall–Kier alpha value is -0.380. The maximum absolute atomic E-state index is 9.58. The van der Waals surface area contributed by atoms with Crippen molar-refractivity contribution in [3.05, 3.63) is 12.2 Å². The van der Waals surface area contributed by atoms with E-state index in [4.69, 9.17) is 0 Å². The van der Waals surface area contributed by atoms with Gasteiger partial charge in [-0.25, -0.2) is 0 Å². The predicted molar refractivity (Wildman–Crippen MR) is 47.9 cm³/mol. The molecular weight excluding hydrogens is 154 g/mol. The van der Waals surface area contributed by atoms with Crippen LogP contribution in [0.5, 0.6) is 0 Å². The zero-order chi connectivity index (χ0) is 8.97. The molecule has 3 unspecified atom stereocenters. The molecule has 12 heavy (non-hydrogen) atoms. The van der Waals surface area contributed by atoms with Crippen LogP contribution >= 0.6 is 0 Å². The fraction of sp³-hybridized carbons (Fsp3) is 0.778. The molecule has 0 spiro atoms. The zero-order valence-electron chi connectivity index (χ0n) is 7.40. The second kappa shape index (κ2) is 4.60. The highest BCUT2D eigenvalue weighted by atomic mass is 16.3. The molecule has 1 aliphatic heterocycles. The van der Waals surface area contributed by atoms with Crippen LogP contribution < -0.4 is 5.32 Å². The minimum atomic E-state index is -0.674. The Kier molecular flexibility index (Phi) is 3.72. The van der Waals surface area contributed by atoms with Gasteiger partial charge in [0.2, 0.25) is 0 Å². The van der Waals surface area contributed by atoms with Crippen LogP contribution in [0.15, 0.2) is 12.2 Å². The summed E-state index contributed by atoms with van der Waals surface area (Å²) >= 11 is 0. The Morgan fingerprint density at radius 3 is 2.83 bits per heavy atom. The maximum atomic E-state index is 9.58. The molecule has 0 amide bonds. The van der Waals surface area contributed by atoms with Gasteiger partial charge in [-0.1, -0.05) is 19.1 Å². The van der Waals surface area contributed by atoms with E-state index in [0.29, 0.717) is 6.42 Å². The SMILES string of the molecule is CCC(O)C(O)C1C=CCCN1. The van der Waals surface area contributed by atoms with Crippen molar-refractivity contribution in [2.24, 2.45) is 0 Å². The predicted octanol–water partition coefficient (Wildman–Crippen LogP) is 0.0363. The summed E-state index contributed by atoms with van der Waals surface area (Å²) < 4.78 is 0. The molecule has 70 valence electrons. The lowest BCUT2D eigenvalue weighted by Gasteiger charge is -2.26. The minimum absolute atomic E-state index is 0.0753.